The van der Waals surface area contributed by atoms with Gasteiger partial charge in [-0.15, -0.1) is 24.0 Å². The molecule has 2 aromatic rings. The third-order valence-electron chi connectivity index (χ3n) is 5.81. The normalized spacial score (nSPS) is 15.5. The van der Waals surface area contributed by atoms with Crippen molar-refractivity contribution in [2.75, 3.05) is 58.9 Å². The van der Waals surface area contributed by atoms with Crippen molar-refractivity contribution in [2.45, 2.75) is 19.8 Å². The summed E-state index contributed by atoms with van der Waals surface area (Å²) in [5.74, 6) is 1.16. The lowest BCUT2D eigenvalue weighted by Crippen LogP contribution is -2.49. The molecule has 1 aliphatic rings. The van der Waals surface area contributed by atoms with E-state index in [0.717, 1.165) is 51.8 Å². The lowest BCUT2D eigenvalue weighted by Gasteiger charge is -2.34. The summed E-state index contributed by atoms with van der Waals surface area (Å²) in [5.41, 5.74) is 2.61. The Bertz CT molecular complexity index is 706. The molecule has 0 radical (unpaired) electrons. The maximum atomic E-state index is 4.94. The van der Waals surface area contributed by atoms with Crippen LogP contribution in [0.5, 0.6) is 0 Å². The molecule has 0 amide bonds. The van der Waals surface area contributed by atoms with Crippen LogP contribution in [0.25, 0.3) is 0 Å². The quantitative estimate of drug-likeness (QED) is 0.293. The van der Waals surface area contributed by atoms with E-state index in [2.05, 4.69) is 94.9 Å². The molecule has 1 heterocycles. The maximum absolute atomic E-state index is 4.94. The second kappa shape index (κ2) is 14.4. The SMILES string of the molecule is CCNC(=NCC(c1ccccc1)c1ccccc1)NCCN1CCN(CC)CC1.I. The number of nitrogens with one attached hydrogen (secondary N) is 2. The first-order valence-electron chi connectivity index (χ1n) is 11.4. The number of halogens is 1. The molecular formula is C25H38IN5. The number of rotatable bonds is 9. The van der Waals surface area contributed by atoms with Crippen LogP contribution in [0, 0.1) is 0 Å². The third-order valence-corrected chi connectivity index (χ3v) is 5.81. The van der Waals surface area contributed by atoms with Gasteiger partial charge in [-0.2, -0.15) is 0 Å². The topological polar surface area (TPSA) is 42.9 Å². The number of hydrogen-bond donors (Lipinski definition) is 2. The van der Waals surface area contributed by atoms with Crippen molar-refractivity contribution in [1.29, 1.82) is 0 Å². The Morgan fingerprint density at radius 1 is 0.839 bits per heavy atom. The molecule has 0 bridgehead atoms. The monoisotopic (exact) mass is 535 g/mol. The Hall–Kier alpha value is -1.64. The fourth-order valence-corrected chi connectivity index (χ4v) is 3.96. The van der Waals surface area contributed by atoms with Crippen molar-refractivity contribution in [3.05, 3.63) is 71.8 Å². The average molecular weight is 536 g/mol. The number of likely N-dealkylation sites (N-methyl/N-ethyl adjacent to an activating group) is 1. The zero-order valence-corrected chi connectivity index (χ0v) is 21.3. The fraction of sp³-hybridized carbons (Fsp3) is 0.480. The molecule has 2 N–H and O–H groups in total. The number of nitrogens with zero attached hydrogens (tertiary/aromatic N) is 3. The van der Waals surface area contributed by atoms with Crippen LogP contribution in [-0.4, -0.2) is 74.7 Å². The third kappa shape index (κ3) is 8.43. The van der Waals surface area contributed by atoms with Crippen molar-refractivity contribution in [1.82, 2.24) is 20.4 Å². The van der Waals surface area contributed by atoms with Gasteiger partial charge in [0.05, 0.1) is 6.54 Å². The summed E-state index contributed by atoms with van der Waals surface area (Å²) < 4.78 is 0. The van der Waals surface area contributed by atoms with Crippen molar-refractivity contribution < 1.29 is 0 Å². The Labute approximate surface area is 205 Å². The number of piperazine rings is 1. The van der Waals surface area contributed by atoms with Gasteiger partial charge in [0, 0.05) is 51.7 Å². The molecule has 0 atom stereocenters. The molecular weight excluding hydrogens is 497 g/mol. The van der Waals surface area contributed by atoms with Crippen LogP contribution in [0.2, 0.25) is 0 Å². The predicted molar refractivity (Wildman–Crippen MR) is 143 cm³/mol. The highest BCUT2D eigenvalue weighted by atomic mass is 127. The molecule has 0 aliphatic carbocycles. The highest BCUT2D eigenvalue weighted by molar-refractivity contribution is 14.0. The summed E-state index contributed by atoms with van der Waals surface area (Å²) in [6.45, 7) is 13.8. The van der Waals surface area contributed by atoms with E-state index >= 15 is 0 Å². The standard InChI is InChI=1S/C25H37N5.HI/c1-3-26-25(27-15-16-30-19-17-29(4-2)18-20-30)28-21-24(22-11-7-5-8-12-22)23-13-9-6-10-14-23;/h5-14,24H,3-4,15-21H2,1-2H3,(H2,26,27,28);1H. The van der Waals surface area contributed by atoms with Gasteiger partial charge in [0.15, 0.2) is 5.96 Å². The van der Waals surface area contributed by atoms with E-state index in [0.29, 0.717) is 0 Å². The first-order valence-corrected chi connectivity index (χ1v) is 11.4. The minimum atomic E-state index is 0. The summed E-state index contributed by atoms with van der Waals surface area (Å²) in [5, 5.41) is 6.94. The van der Waals surface area contributed by atoms with Gasteiger partial charge in [0.2, 0.25) is 0 Å². The molecule has 3 rings (SSSR count). The summed E-state index contributed by atoms with van der Waals surface area (Å²) in [4.78, 5) is 10.00. The Balaban J connectivity index is 0.00000341. The zero-order valence-electron chi connectivity index (χ0n) is 19.0. The smallest absolute Gasteiger partial charge is 0.191 e. The Morgan fingerprint density at radius 3 is 1.90 bits per heavy atom. The van der Waals surface area contributed by atoms with E-state index in [4.69, 9.17) is 4.99 Å². The first-order chi connectivity index (χ1) is 14.8. The molecule has 5 nitrogen and oxygen atoms in total. The van der Waals surface area contributed by atoms with Crippen LogP contribution in [0.4, 0.5) is 0 Å². The molecule has 31 heavy (non-hydrogen) atoms. The van der Waals surface area contributed by atoms with Gasteiger partial charge >= 0.3 is 0 Å². The average Bonchev–Trinajstić information content (AvgIpc) is 2.81. The molecule has 1 aliphatic heterocycles. The maximum Gasteiger partial charge on any atom is 0.191 e. The number of benzene rings is 2. The molecule has 0 aromatic heterocycles. The van der Waals surface area contributed by atoms with Crippen LogP contribution in [0.3, 0.4) is 0 Å². The first kappa shape index (κ1) is 25.6. The Kier molecular flexibility index (Phi) is 11.9. The van der Waals surface area contributed by atoms with Crippen LogP contribution in [0.1, 0.15) is 30.9 Å². The zero-order chi connectivity index (χ0) is 21.0. The van der Waals surface area contributed by atoms with Crippen molar-refractivity contribution in [2.24, 2.45) is 4.99 Å². The molecule has 6 heteroatoms. The molecule has 0 unspecified atom stereocenters. The highest BCUT2D eigenvalue weighted by Gasteiger charge is 2.16. The second-order valence-corrected chi connectivity index (χ2v) is 7.80. The second-order valence-electron chi connectivity index (χ2n) is 7.80. The van der Waals surface area contributed by atoms with E-state index in [1.807, 2.05) is 0 Å². The summed E-state index contributed by atoms with van der Waals surface area (Å²) >= 11 is 0. The Morgan fingerprint density at radius 2 is 1.39 bits per heavy atom. The van der Waals surface area contributed by atoms with E-state index in [1.54, 1.807) is 0 Å². The van der Waals surface area contributed by atoms with E-state index in [1.165, 1.54) is 24.2 Å². The number of aliphatic imine (C=N–C) groups is 1. The summed E-state index contributed by atoms with van der Waals surface area (Å²) in [6.07, 6.45) is 0. The van der Waals surface area contributed by atoms with Crippen LogP contribution >= 0.6 is 24.0 Å². The number of guanidine groups is 1. The summed E-state index contributed by atoms with van der Waals surface area (Å²) in [7, 11) is 0. The van der Waals surface area contributed by atoms with Crippen LogP contribution < -0.4 is 10.6 Å². The number of hydrogen-bond acceptors (Lipinski definition) is 3. The summed E-state index contributed by atoms with van der Waals surface area (Å²) in [6, 6.07) is 21.4. The largest absolute Gasteiger partial charge is 0.357 e. The van der Waals surface area contributed by atoms with Gasteiger partial charge in [-0.05, 0) is 24.6 Å². The highest BCUT2D eigenvalue weighted by Crippen LogP contribution is 2.24. The van der Waals surface area contributed by atoms with Crippen molar-refractivity contribution in [3.63, 3.8) is 0 Å². The van der Waals surface area contributed by atoms with Gasteiger partial charge in [0.1, 0.15) is 0 Å². The van der Waals surface area contributed by atoms with Gasteiger partial charge < -0.3 is 15.5 Å². The van der Waals surface area contributed by atoms with Crippen LogP contribution in [-0.2, 0) is 0 Å². The van der Waals surface area contributed by atoms with E-state index in [-0.39, 0.29) is 29.9 Å². The van der Waals surface area contributed by atoms with E-state index in [9.17, 15) is 0 Å². The van der Waals surface area contributed by atoms with Gasteiger partial charge in [-0.3, -0.25) is 9.89 Å². The van der Waals surface area contributed by atoms with Crippen molar-refractivity contribution >= 4 is 29.9 Å². The van der Waals surface area contributed by atoms with Gasteiger partial charge in [-0.25, -0.2) is 0 Å². The fourth-order valence-electron chi connectivity index (χ4n) is 3.96. The minimum absolute atomic E-state index is 0. The predicted octanol–water partition coefficient (Wildman–Crippen LogP) is 3.63. The molecule has 2 aromatic carbocycles. The van der Waals surface area contributed by atoms with Crippen LogP contribution in [0.15, 0.2) is 65.7 Å². The molecule has 170 valence electrons. The van der Waals surface area contributed by atoms with Gasteiger partial charge in [-0.1, -0.05) is 67.6 Å². The molecule has 0 saturated carbocycles. The lowest BCUT2D eigenvalue weighted by atomic mass is 9.91. The van der Waals surface area contributed by atoms with Crippen molar-refractivity contribution in [3.8, 4) is 0 Å². The van der Waals surface area contributed by atoms with Gasteiger partial charge in [0.25, 0.3) is 0 Å². The lowest BCUT2D eigenvalue weighted by molar-refractivity contribution is 0.139. The van der Waals surface area contributed by atoms with E-state index < -0.39 is 0 Å². The minimum Gasteiger partial charge on any atom is -0.357 e. The molecule has 0 spiro atoms. The molecule has 1 fully saturated rings. The molecule has 1 saturated heterocycles.